The molecule has 3 aromatic rings. The molecule has 3 heteroatoms. The summed E-state index contributed by atoms with van der Waals surface area (Å²) in [6, 6.07) is 25.1. The number of benzene rings is 3. The Morgan fingerprint density at radius 1 is 0.679 bits per heavy atom. The Hall–Kier alpha value is -3.07. The lowest BCUT2D eigenvalue weighted by Gasteiger charge is -2.07. The maximum absolute atomic E-state index is 12.0. The van der Waals surface area contributed by atoms with E-state index >= 15 is 0 Å². The second kappa shape index (κ2) is 10.3. The average molecular weight is 374 g/mol. The van der Waals surface area contributed by atoms with Crippen molar-refractivity contribution in [3.05, 3.63) is 84.4 Å². The fourth-order valence-corrected chi connectivity index (χ4v) is 3.04. The lowest BCUT2D eigenvalue weighted by molar-refractivity contribution is 0.152. The molecule has 144 valence electrons. The minimum absolute atomic E-state index is 0.456. The molecular formula is C25H26O3. The average Bonchev–Trinajstić information content (AvgIpc) is 2.73. The van der Waals surface area contributed by atoms with Crippen molar-refractivity contribution in [3.63, 3.8) is 0 Å². The number of carbonyl (C=O) groups is 1. The van der Waals surface area contributed by atoms with Crippen LogP contribution in [-0.4, -0.2) is 6.16 Å². The third-order valence-electron chi connectivity index (χ3n) is 4.61. The van der Waals surface area contributed by atoms with E-state index in [9.17, 15) is 4.79 Å². The quantitative estimate of drug-likeness (QED) is 0.241. The van der Waals surface area contributed by atoms with Crippen molar-refractivity contribution < 1.29 is 14.3 Å². The van der Waals surface area contributed by atoms with Gasteiger partial charge in [-0.1, -0.05) is 80.8 Å². The van der Waals surface area contributed by atoms with Gasteiger partial charge in [-0.3, -0.25) is 0 Å². The Morgan fingerprint density at radius 2 is 1.25 bits per heavy atom. The van der Waals surface area contributed by atoms with Crippen molar-refractivity contribution in [1.82, 2.24) is 0 Å². The molecule has 3 rings (SSSR count). The van der Waals surface area contributed by atoms with Gasteiger partial charge >= 0.3 is 6.16 Å². The first-order valence-corrected chi connectivity index (χ1v) is 9.88. The minimum Gasteiger partial charge on any atom is -0.395 e. The van der Waals surface area contributed by atoms with Gasteiger partial charge in [0.15, 0.2) is 0 Å². The largest absolute Gasteiger partial charge is 0.519 e. The number of hydrogen-bond donors (Lipinski definition) is 0. The molecular weight excluding hydrogens is 348 g/mol. The summed E-state index contributed by atoms with van der Waals surface area (Å²) in [5.41, 5.74) is 3.44. The molecule has 0 bridgehead atoms. The van der Waals surface area contributed by atoms with E-state index in [-0.39, 0.29) is 0 Å². The predicted molar refractivity (Wildman–Crippen MR) is 113 cm³/mol. The highest BCUT2D eigenvalue weighted by Gasteiger charge is 2.08. The van der Waals surface area contributed by atoms with Gasteiger partial charge in [0, 0.05) is 0 Å². The zero-order valence-electron chi connectivity index (χ0n) is 16.3. The summed E-state index contributed by atoms with van der Waals surface area (Å²) < 4.78 is 10.5. The van der Waals surface area contributed by atoms with Crippen LogP contribution in [0, 0.1) is 0 Å². The predicted octanol–water partition coefficient (Wildman–Crippen LogP) is 7.05. The molecule has 0 amide bonds. The molecule has 0 fully saturated rings. The second-order valence-electron chi connectivity index (χ2n) is 6.80. The van der Waals surface area contributed by atoms with E-state index in [4.69, 9.17) is 9.47 Å². The fourth-order valence-electron chi connectivity index (χ4n) is 3.04. The van der Waals surface area contributed by atoms with Crippen molar-refractivity contribution in [2.24, 2.45) is 0 Å². The number of unbranched alkanes of at least 4 members (excludes halogenated alkanes) is 3. The van der Waals surface area contributed by atoms with E-state index in [0.29, 0.717) is 11.5 Å². The van der Waals surface area contributed by atoms with E-state index in [1.807, 2.05) is 66.7 Å². The minimum atomic E-state index is -0.733. The molecule has 0 aromatic heterocycles. The number of ether oxygens (including phenoxy) is 2. The monoisotopic (exact) mass is 374 g/mol. The molecule has 3 aromatic carbocycles. The topological polar surface area (TPSA) is 35.5 Å². The van der Waals surface area contributed by atoms with Crippen LogP contribution in [0.2, 0.25) is 0 Å². The first-order chi connectivity index (χ1) is 13.7. The summed E-state index contributed by atoms with van der Waals surface area (Å²) in [7, 11) is 0. The van der Waals surface area contributed by atoms with Crippen molar-refractivity contribution in [2.45, 2.75) is 39.0 Å². The molecule has 0 atom stereocenters. The van der Waals surface area contributed by atoms with Crippen molar-refractivity contribution in [1.29, 1.82) is 0 Å². The van der Waals surface area contributed by atoms with E-state index < -0.39 is 6.16 Å². The zero-order chi connectivity index (χ0) is 19.6. The van der Waals surface area contributed by atoms with Gasteiger partial charge in [-0.2, -0.15) is 0 Å². The van der Waals surface area contributed by atoms with Crippen LogP contribution in [0.5, 0.6) is 11.5 Å². The Kier molecular flexibility index (Phi) is 7.25. The van der Waals surface area contributed by atoms with Crippen molar-refractivity contribution in [2.75, 3.05) is 0 Å². The molecule has 0 N–H and O–H groups in total. The van der Waals surface area contributed by atoms with Gasteiger partial charge in [0.25, 0.3) is 0 Å². The van der Waals surface area contributed by atoms with Crippen molar-refractivity contribution >= 4 is 6.16 Å². The van der Waals surface area contributed by atoms with E-state index in [1.165, 1.54) is 31.2 Å². The fraction of sp³-hybridized carbons (Fsp3) is 0.240. The van der Waals surface area contributed by atoms with Crippen LogP contribution in [0.3, 0.4) is 0 Å². The summed E-state index contributed by atoms with van der Waals surface area (Å²) in [4.78, 5) is 12.0. The Labute approximate surface area is 166 Å². The van der Waals surface area contributed by atoms with Gasteiger partial charge in [0.1, 0.15) is 11.5 Å². The molecule has 0 saturated carbocycles. The highest BCUT2D eigenvalue weighted by molar-refractivity contribution is 5.68. The van der Waals surface area contributed by atoms with Crippen LogP contribution in [0.15, 0.2) is 78.9 Å². The summed E-state index contributed by atoms with van der Waals surface area (Å²) >= 11 is 0. The zero-order valence-corrected chi connectivity index (χ0v) is 16.3. The van der Waals surface area contributed by atoms with Gasteiger partial charge in [-0.15, -0.1) is 0 Å². The van der Waals surface area contributed by atoms with Gasteiger partial charge < -0.3 is 9.47 Å². The third-order valence-corrected chi connectivity index (χ3v) is 4.61. The molecule has 0 spiro atoms. The normalized spacial score (nSPS) is 10.5. The van der Waals surface area contributed by atoms with E-state index in [2.05, 4.69) is 6.92 Å². The summed E-state index contributed by atoms with van der Waals surface area (Å²) in [6.45, 7) is 2.21. The Morgan fingerprint density at radius 3 is 1.86 bits per heavy atom. The number of carbonyl (C=O) groups excluding carboxylic acids is 1. The summed E-state index contributed by atoms with van der Waals surface area (Å²) in [5, 5.41) is 0. The number of rotatable bonds is 8. The third kappa shape index (κ3) is 5.98. The first-order valence-electron chi connectivity index (χ1n) is 9.88. The molecule has 0 heterocycles. The molecule has 0 unspecified atom stereocenters. The van der Waals surface area contributed by atoms with Crippen LogP contribution in [0.25, 0.3) is 11.1 Å². The lowest BCUT2D eigenvalue weighted by atomic mass is 10.1. The van der Waals surface area contributed by atoms with E-state index in [1.54, 1.807) is 12.1 Å². The molecule has 28 heavy (non-hydrogen) atoms. The molecule has 0 radical (unpaired) electrons. The second-order valence-corrected chi connectivity index (χ2v) is 6.80. The van der Waals surface area contributed by atoms with E-state index in [0.717, 1.165) is 17.5 Å². The van der Waals surface area contributed by atoms with Gasteiger partial charge in [0.05, 0.1) is 0 Å². The van der Waals surface area contributed by atoms with Crippen LogP contribution >= 0.6 is 0 Å². The highest BCUT2D eigenvalue weighted by Crippen LogP contribution is 2.22. The number of hydrogen-bond acceptors (Lipinski definition) is 3. The lowest BCUT2D eigenvalue weighted by Crippen LogP contribution is -2.13. The molecule has 0 aliphatic carbocycles. The Bertz CT molecular complexity index is 853. The van der Waals surface area contributed by atoms with Crippen LogP contribution in [-0.2, 0) is 6.42 Å². The Balaban J connectivity index is 1.50. The van der Waals surface area contributed by atoms with Gasteiger partial charge in [-0.05, 0) is 53.8 Å². The molecule has 0 aliphatic heterocycles. The smallest absolute Gasteiger partial charge is 0.395 e. The van der Waals surface area contributed by atoms with Gasteiger partial charge in [0.2, 0.25) is 0 Å². The standard InChI is InChI=1S/C25H26O3/c1-2-3-4-6-9-20-12-16-23(17-13-20)27-25(26)28-24-18-14-22(15-19-24)21-10-7-5-8-11-21/h5,7-8,10-19H,2-4,6,9H2,1H3. The summed E-state index contributed by atoms with van der Waals surface area (Å²) in [6.07, 6.45) is 5.28. The van der Waals surface area contributed by atoms with Crippen molar-refractivity contribution in [3.8, 4) is 22.6 Å². The molecule has 0 saturated heterocycles. The van der Waals surface area contributed by atoms with Crippen LogP contribution < -0.4 is 9.47 Å². The summed E-state index contributed by atoms with van der Waals surface area (Å²) in [5.74, 6) is 0.945. The SMILES string of the molecule is CCCCCCc1ccc(OC(=O)Oc2ccc(-c3ccccc3)cc2)cc1. The highest BCUT2D eigenvalue weighted by atomic mass is 16.7. The maximum atomic E-state index is 12.0. The van der Waals surface area contributed by atoms with Gasteiger partial charge in [-0.25, -0.2) is 4.79 Å². The number of aryl methyl sites for hydroxylation is 1. The molecule has 3 nitrogen and oxygen atoms in total. The van der Waals surface area contributed by atoms with Crippen LogP contribution in [0.1, 0.15) is 38.2 Å². The molecule has 0 aliphatic rings. The first kappa shape index (κ1) is 19.7. The maximum Gasteiger partial charge on any atom is 0.519 e. The van der Waals surface area contributed by atoms with Crippen LogP contribution in [0.4, 0.5) is 4.79 Å².